The van der Waals surface area contributed by atoms with Crippen molar-refractivity contribution in [1.82, 2.24) is 20.2 Å². The normalized spacial score (nSPS) is 15.8. The van der Waals surface area contributed by atoms with Gasteiger partial charge in [0.2, 0.25) is 0 Å². The van der Waals surface area contributed by atoms with E-state index in [2.05, 4.69) is 11.4 Å². The average Bonchev–Trinajstić information content (AvgIpc) is 2.86. The van der Waals surface area contributed by atoms with Crippen LogP contribution < -0.4 is 5.32 Å². The second-order valence-electron chi connectivity index (χ2n) is 10.3. The van der Waals surface area contributed by atoms with E-state index in [0.717, 1.165) is 21.9 Å². The van der Waals surface area contributed by atoms with Gasteiger partial charge in [-0.25, -0.2) is 9.78 Å². The Bertz CT molecular complexity index is 1280. The third-order valence-corrected chi connectivity index (χ3v) is 8.97. The number of aromatic nitrogens is 2. The third kappa shape index (κ3) is 6.69. The van der Waals surface area contributed by atoms with E-state index in [1.807, 2.05) is 50.9 Å². The van der Waals surface area contributed by atoms with Gasteiger partial charge in [-0.2, -0.15) is 5.26 Å². The Morgan fingerprint density at radius 1 is 1.37 bits per heavy atom. The van der Waals surface area contributed by atoms with Crippen molar-refractivity contribution < 1.29 is 9.53 Å². The van der Waals surface area contributed by atoms with Gasteiger partial charge >= 0.3 is 6.09 Å². The number of nitrogens with one attached hydrogen (secondary N) is 2. The van der Waals surface area contributed by atoms with Crippen LogP contribution in [0.4, 0.5) is 4.79 Å². The Hall–Kier alpha value is -3.03. The Morgan fingerprint density at radius 2 is 2.16 bits per heavy atom. The van der Waals surface area contributed by atoms with Crippen molar-refractivity contribution in [1.29, 1.82) is 10.7 Å². The maximum Gasteiger partial charge on any atom is 0.410 e. The minimum atomic E-state index is -0.555. The largest absolute Gasteiger partial charge is 0.444 e. The standard InChI is InChI=1S/C28H34N6O2S2/c1-28(2,3)36-27(35)34-11-9-23-19(16-34)12-18(15-32-23)25-13-21(24(31-4)8-10-29)22(14-30)26(33-25)38-17-37-20-6-5-7-20/h8,10,12-13,15,20,29,31H,5-7,9,11,16-17H2,1-4H3/b24-8-,29-10?. The van der Waals surface area contributed by atoms with E-state index in [1.54, 1.807) is 29.8 Å². The highest BCUT2D eigenvalue weighted by Gasteiger charge is 2.27. The number of hydrogen-bond donors (Lipinski definition) is 2. The molecule has 2 N–H and O–H groups in total. The fourth-order valence-electron chi connectivity index (χ4n) is 4.26. The summed E-state index contributed by atoms with van der Waals surface area (Å²) in [5.41, 5.74) is 4.77. The molecule has 0 radical (unpaired) electrons. The molecule has 0 aromatic carbocycles. The van der Waals surface area contributed by atoms with E-state index in [-0.39, 0.29) is 6.09 Å². The molecule has 200 valence electrons. The third-order valence-electron chi connectivity index (χ3n) is 6.45. The van der Waals surface area contributed by atoms with Crippen molar-refractivity contribution in [3.63, 3.8) is 0 Å². The summed E-state index contributed by atoms with van der Waals surface area (Å²) in [7, 11) is 1.78. The lowest BCUT2D eigenvalue weighted by Crippen LogP contribution is -2.40. The van der Waals surface area contributed by atoms with Crippen LogP contribution in [0.25, 0.3) is 17.0 Å². The fourth-order valence-corrected chi connectivity index (χ4v) is 6.88. The van der Waals surface area contributed by atoms with E-state index in [4.69, 9.17) is 20.1 Å². The van der Waals surface area contributed by atoms with Crippen molar-refractivity contribution >= 4 is 41.5 Å². The molecule has 8 nitrogen and oxygen atoms in total. The predicted molar refractivity (Wildman–Crippen MR) is 154 cm³/mol. The summed E-state index contributed by atoms with van der Waals surface area (Å²) >= 11 is 3.50. The van der Waals surface area contributed by atoms with Crippen LogP contribution in [-0.4, -0.2) is 56.7 Å². The number of rotatable bonds is 8. The van der Waals surface area contributed by atoms with Crippen LogP contribution in [-0.2, 0) is 17.7 Å². The monoisotopic (exact) mass is 550 g/mol. The van der Waals surface area contributed by atoms with Gasteiger partial charge in [-0.3, -0.25) is 4.98 Å². The Labute approximate surface area is 233 Å². The lowest BCUT2D eigenvalue weighted by atomic mass is 10.00. The summed E-state index contributed by atoms with van der Waals surface area (Å²) in [5, 5.41) is 23.0. The quantitative estimate of drug-likeness (QED) is 0.239. The molecule has 2 aromatic rings. The van der Waals surface area contributed by atoms with Crippen molar-refractivity contribution in [2.24, 2.45) is 0 Å². The minimum absolute atomic E-state index is 0.328. The number of pyridine rings is 2. The van der Waals surface area contributed by atoms with Crippen molar-refractivity contribution in [3.05, 3.63) is 46.8 Å². The number of thioether (sulfide) groups is 2. The number of nitrogens with zero attached hydrogens (tertiary/aromatic N) is 4. The minimum Gasteiger partial charge on any atom is -0.444 e. The van der Waals surface area contributed by atoms with Crippen LogP contribution in [0.5, 0.6) is 0 Å². The number of amides is 1. The second-order valence-corrected chi connectivity index (χ2v) is 12.9. The Kier molecular flexibility index (Phi) is 9.00. The van der Waals surface area contributed by atoms with E-state index >= 15 is 0 Å². The van der Waals surface area contributed by atoms with Gasteiger partial charge in [0.15, 0.2) is 0 Å². The smallest absolute Gasteiger partial charge is 0.410 e. The zero-order valence-electron chi connectivity index (χ0n) is 22.3. The molecule has 10 heteroatoms. The summed E-state index contributed by atoms with van der Waals surface area (Å²) in [6.07, 6.45) is 8.79. The van der Waals surface area contributed by atoms with Gasteiger partial charge in [0, 0.05) is 65.3 Å². The molecule has 2 aliphatic rings. The van der Waals surface area contributed by atoms with Crippen LogP contribution in [0.15, 0.2) is 29.4 Å². The van der Waals surface area contributed by atoms with E-state index < -0.39 is 5.60 Å². The summed E-state index contributed by atoms with van der Waals surface area (Å²) < 4.78 is 5.58. The van der Waals surface area contributed by atoms with Crippen molar-refractivity contribution in [3.8, 4) is 17.3 Å². The molecule has 1 saturated carbocycles. The molecule has 2 aromatic heterocycles. The summed E-state index contributed by atoms with van der Waals surface area (Å²) in [4.78, 5) is 24.0. The molecule has 0 spiro atoms. The summed E-state index contributed by atoms with van der Waals surface area (Å²) in [6, 6.07) is 6.26. The van der Waals surface area contributed by atoms with Crippen molar-refractivity contribution in [2.45, 2.75) is 68.9 Å². The maximum absolute atomic E-state index is 12.7. The molecule has 4 rings (SSSR count). The molecular weight excluding hydrogens is 516 g/mol. The van der Waals surface area contributed by atoms with E-state index in [1.165, 1.54) is 25.5 Å². The van der Waals surface area contributed by atoms with Crippen LogP contribution in [0.1, 0.15) is 62.4 Å². The number of hydrogen-bond acceptors (Lipinski definition) is 9. The van der Waals surface area contributed by atoms with Gasteiger partial charge in [0.1, 0.15) is 16.7 Å². The topological polar surface area (TPSA) is 115 Å². The highest BCUT2D eigenvalue weighted by molar-refractivity contribution is 8.16. The zero-order chi connectivity index (χ0) is 27.3. The van der Waals surface area contributed by atoms with Gasteiger partial charge in [-0.05, 0) is 57.4 Å². The summed E-state index contributed by atoms with van der Waals surface area (Å²) in [5.74, 6) is 0. The van der Waals surface area contributed by atoms with Gasteiger partial charge in [0.25, 0.3) is 0 Å². The molecule has 0 bridgehead atoms. The fraction of sp³-hybridized carbons (Fsp3) is 0.464. The lowest BCUT2D eigenvalue weighted by molar-refractivity contribution is 0.0223. The maximum atomic E-state index is 12.7. The Morgan fingerprint density at radius 3 is 2.79 bits per heavy atom. The molecule has 1 fully saturated rings. The van der Waals surface area contributed by atoms with Crippen LogP contribution in [0, 0.1) is 16.7 Å². The number of carbonyl (C=O) groups excluding carboxylic acids is 1. The molecule has 0 saturated heterocycles. The van der Waals surface area contributed by atoms with Crippen LogP contribution in [0.3, 0.4) is 0 Å². The molecule has 1 amide bonds. The first-order valence-electron chi connectivity index (χ1n) is 12.8. The molecule has 0 unspecified atom stereocenters. The SMILES string of the molecule is CN/C(=C\C=N)c1cc(-c2cnc3c(c2)CN(C(=O)OC(C)(C)C)CC3)nc(SCSC2CCC2)c1C#N. The first-order valence-corrected chi connectivity index (χ1v) is 14.8. The Balaban J connectivity index is 1.68. The molecule has 3 heterocycles. The lowest BCUT2D eigenvalue weighted by Gasteiger charge is -2.31. The van der Waals surface area contributed by atoms with Crippen LogP contribution in [0.2, 0.25) is 0 Å². The molecule has 1 aliphatic carbocycles. The number of ether oxygens (including phenoxy) is 1. The van der Waals surface area contributed by atoms with Gasteiger partial charge in [0.05, 0.1) is 17.8 Å². The van der Waals surface area contributed by atoms with Gasteiger partial charge in [-0.1, -0.05) is 18.2 Å². The van der Waals surface area contributed by atoms with E-state index in [0.29, 0.717) is 52.3 Å². The molecule has 38 heavy (non-hydrogen) atoms. The molecule has 1 aliphatic heterocycles. The molecule has 0 atom stereocenters. The highest BCUT2D eigenvalue weighted by atomic mass is 32.2. The number of allylic oxidation sites excluding steroid dienone is 1. The number of nitriles is 1. The van der Waals surface area contributed by atoms with Gasteiger partial charge < -0.3 is 20.4 Å². The van der Waals surface area contributed by atoms with Gasteiger partial charge in [-0.15, -0.1) is 11.8 Å². The number of fused-ring (bicyclic) bond motifs is 1. The van der Waals surface area contributed by atoms with Crippen LogP contribution >= 0.6 is 23.5 Å². The first-order chi connectivity index (χ1) is 18.2. The highest BCUT2D eigenvalue weighted by Crippen LogP contribution is 2.37. The predicted octanol–water partition coefficient (Wildman–Crippen LogP) is 5.85. The zero-order valence-corrected chi connectivity index (χ0v) is 24.0. The summed E-state index contributed by atoms with van der Waals surface area (Å²) in [6.45, 7) is 6.58. The van der Waals surface area contributed by atoms with Crippen molar-refractivity contribution in [2.75, 3.05) is 18.7 Å². The second kappa shape index (κ2) is 12.2. The molecular formula is C28H34N6O2S2. The first kappa shape index (κ1) is 28.0. The number of carbonyl (C=O) groups is 1. The van der Waals surface area contributed by atoms with E-state index in [9.17, 15) is 10.1 Å². The average molecular weight is 551 g/mol.